The van der Waals surface area contributed by atoms with Gasteiger partial charge in [-0.3, -0.25) is 0 Å². The second kappa shape index (κ2) is 5.19. The number of benzene rings is 1. The van der Waals surface area contributed by atoms with Crippen LogP contribution in [0.4, 0.5) is 0 Å². The molecule has 3 nitrogen and oxygen atoms in total. The lowest BCUT2D eigenvalue weighted by Crippen LogP contribution is -2.19. The van der Waals surface area contributed by atoms with E-state index in [2.05, 4.69) is 17.4 Å². The standard InChI is InChI=1S/C13H17NO2S/c1-2-10(1)14-5-8-17-11-3-4-12-13(9-11)16-7-6-15-12/h3-4,9-10,14H,1-2,5-8H2. The molecule has 1 N–H and O–H groups in total. The lowest BCUT2D eigenvalue weighted by atomic mass is 10.3. The minimum absolute atomic E-state index is 0.657. The van der Waals surface area contributed by atoms with Crippen LogP contribution in [0.1, 0.15) is 12.8 Å². The zero-order chi connectivity index (χ0) is 11.5. The van der Waals surface area contributed by atoms with Crippen LogP contribution in [-0.2, 0) is 0 Å². The molecule has 3 rings (SSSR count). The van der Waals surface area contributed by atoms with Crippen molar-refractivity contribution >= 4 is 11.8 Å². The topological polar surface area (TPSA) is 30.5 Å². The summed E-state index contributed by atoms with van der Waals surface area (Å²) < 4.78 is 11.1. The molecule has 0 unspecified atom stereocenters. The molecule has 1 aliphatic heterocycles. The molecule has 0 saturated heterocycles. The molecule has 1 aromatic carbocycles. The van der Waals surface area contributed by atoms with Gasteiger partial charge in [0, 0.05) is 23.2 Å². The Labute approximate surface area is 106 Å². The molecule has 0 amide bonds. The van der Waals surface area contributed by atoms with E-state index >= 15 is 0 Å². The van der Waals surface area contributed by atoms with Crippen LogP contribution >= 0.6 is 11.8 Å². The first kappa shape index (κ1) is 11.2. The number of fused-ring (bicyclic) bond motifs is 1. The van der Waals surface area contributed by atoms with E-state index in [4.69, 9.17) is 9.47 Å². The second-order valence-electron chi connectivity index (χ2n) is 4.38. The summed E-state index contributed by atoms with van der Waals surface area (Å²) in [6.07, 6.45) is 2.71. The van der Waals surface area contributed by atoms with Crippen LogP contribution in [0.15, 0.2) is 23.1 Å². The fourth-order valence-electron chi connectivity index (χ4n) is 1.83. The molecule has 1 saturated carbocycles. The molecule has 1 fully saturated rings. The highest BCUT2D eigenvalue weighted by molar-refractivity contribution is 7.99. The van der Waals surface area contributed by atoms with Crippen LogP contribution in [-0.4, -0.2) is 31.6 Å². The van der Waals surface area contributed by atoms with Crippen molar-refractivity contribution in [1.82, 2.24) is 5.32 Å². The van der Waals surface area contributed by atoms with Gasteiger partial charge in [0.05, 0.1) is 0 Å². The highest BCUT2D eigenvalue weighted by Crippen LogP contribution is 2.34. The van der Waals surface area contributed by atoms with Crippen molar-refractivity contribution < 1.29 is 9.47 Å². The van der Waals surface area contributed by atoms with Crippen LogP contribution in [0, 0.1) is 0 Å². The number of nitrogens with one attached hydrogen (secondary N) is 1. The van der Waals surface area contributed by atoms with Crippen LogP contribution in [0.25, 0.3) is 0 Å². The summed E-state index contributed by atoms with van der Waals surface area (Å²) in [5.74, 6) is 2.86. The number of rotatable bonds is 5. The SMILES string of the molecule is c1cc2c(cc1SCCNC1CC1)OCCO2. The van der Waals surface area contributed by atoms with Crippen LogP contribution in [0.3, 0.4) is 0 Å². The van der Waals surface area contributed by atoms with Crippen molar-refractivity contribution in [2.45, 2.75) is 23.8 Å². The predicted octanol–water partition coefficient (Wildman–Crippen LogP) is 2.30. The van der Waals surface area contributed by atoms with Crippen molar-refractivity contribution in [2.75, 3.05) is 25.5 Å². The normalized spacial score (nSPS) is 18.1. The predicted molar refractivity (Wildman–Crippen MR) is 69.2 cm³/mol. The minimum atomic E-state index is 0.657. The van der Waals surface area contributed by atoms with Gasteiger partial charge in [-0.25, -0.2) is 0 Å². The summed E-state index contributed by atoms with van der Waals surface area (Å²) in [5, 5.41) is 3.51. The van der Waals surface area contributed by atoms with Gasteiger partial charge < -0.3 is 14.8 Å². The minimum Gasteiger partial charge on any atom is -0.486 e. The van der Waals surface area contributed by atoms with Crippen LogP contribution < -0.4 is 14.8 Å². The van der Waals surface area contributed by atoms with E-state index in [-0.39, 0.29) is 0 Å². The molecule has 0 radical (unpaired) electrons. The van der Waals surface area contributed by atoms with Crippen molar-refractivity contribution in [3.63, 3.8) is 0 Å². The summed E-state index contributed by atoms with van der Waals surface area (Å²) >= 11 is 1.86. The van der Waals surface area contributed by atoms with E-state index in [1.807, 2.05) is 17.8 Å². The molecule has 0 aromatic heterocycles. The summed E-state index contributed by atoms with van der Waals surface area (Å²) in [4.78, 5) is 1.26. The van der Waals surface area contributed by atoms with Gasteiger partial charge in [-0.05, 0) is 31.0 Å². The zero-order valence-electron chi connectivity index (χ0n) is 9.78. The van der Waals surface area contributed by atoms with Crippen molar-refractivity contribution in [2.24, 2.45) is 0 Å². The molecule has 1 heterocycles. The van der Waals surface area contributed by atoms with Gasteiger partial charge in [0.15, 0.2) is 11.5 Å². The van der Waals surface area contributed by atoms with Crippen molar-refractivity contribution in [1.29, 1.82) is 0 Å². The first-order valence-corrected chi connectivity index (χ1v) is 7.16. The molecule has 92 valence electrons. The van der Waals surface area contributed by atoms with E-state index in [0.29, 0.717) is 13.2 Å². The monoisotopic (exact) mass is 251 g/mol. The Bertz CT molecular complexity index is 393. The molecule has 1 aromatic rings. The average molecular weight is 251 g/mol. The average Bonchev–Trinajstić information content (AvgIpc) is 3.18. The van der Waals surface area contributed by atoms with Gasteiger partial charge >= 0.3 is 0 Å². The van der Waals surface area contributed by atoms with E-state index in [1.165, 1.54) is 17.7 Å². The van der Waals surface area contributed by atoms with E-state index < -0.39 is 0 Å². The van der Waals surface area contributed by atoms with Crippen molar-refractivity contribution in [3.8, 4) is 11.5 Å². The highest BCUT2D eigenvalue weighted by Gasteiger charge is 2.19. The maximum atomic E-state index is 5.56. The Morgan fingerprint density at radius 2 is 2.00 bits per heavy atom. The number of hydrogen-bond donors (Lipinski definition) is 1. The van der Waals surface area contributed by atoms with E-state index in [0.717, 1.165) is 29.8 Å². The number of hydrogen-bond acceptors (Lipinski definition) is 4. The molecule has 2 aliphatic rings. The largest absolute Gasteiger partial charge is 0.486 e. The van der Waals surface area contributed by atoms with Crippen molar-refractivity contribution in [3.05, 3.63) is 18.2 Å². The van der Waals surface area contributed by atoms with Crippen LogP contribution in [0.2, 0.25) is 0 Å². The Morgan fingerprint density at radius 1 is 1.18 bits per heavy atom. The fourth-order valence-corrected chi connectivity index (χ4v) is 2.64. The number of thioether (sulfide) groups is 1. The Balaban J connectivity index is 1.51. The molecule has 17 heavy (non-hydrogen) atoms. The Morgan fingerprint density at radius 3 is 2.82 bits per heavy atom. The van der Waals surface area contributed by atoms with Crippen LogP contribution in [0.5, 0.6) is 11.5 Å². The van der Waals surface area contributed by atoms with Gasteiger partial charge in [-0.2, -0.15) is 0 Å². The second-order valence-corrected chi connectivity index (χ2v) is 5.55. The lowest BCUT2D eigenvalue weighted by Gasteiger charge is -2.18. The van der Waals surface area contributed by atoms with Gasteiger partial charge in [-0.1, -0.05) is 0 Å². The molecular weight excluding hydrogens is 234 g/mol. The first-order valence-electron chi connectivity index (χ1n) is 6.18. The van der Waals surface area contributed by atoms with E-state index in [1.54, 1.807) is 0 Å². The smallest absolute Gasteiger partial charge is 0.162 e. The third kappa shape index (κ3) is 3.07. The quantitative estimate of drug-likeness (QED) is 0.642. The zero-order valence-corrected chi connectivity index (χ0v) is 10.6. The summed E-state index contributed by atoms with van der Waals surface area (Å²) in [6, 6.07) is 6.99. The van der Waals surface area contributed by atoms with Gasteiger partial charge in [0.2, 0.25) is 0 Å². The molecular formula is C13H17NO2S. The maximum absolute atomic E-state index is 5.56. The summed E-state index contributed by atoms with van der Waals surface area (Å²) in [6.45, 7) is 2.40. The van der Waals surface area contributed by atoms with Gasteiger partial charge in [0.25, 0.3) is 0 Å². The van der Waals surface area contributed by atoms with E-state index in [9.17, 15) is 0 Å². The first-order chi connectivity index (χ1) is 8.42. The van der Waals surface area contributed by atoms with Gasteiger partial charge in [-0.15, -0.1) is 11.8 Å². The third-order valence-electron chi connectivity index (χ3n) is 2.89. The third-order valence-corrected chi connectivity index (χ3v) is 3.89. The molecule has 0 atom stereocenters. The molecule has 0 spiro atoms. The fraction of sp³-hybridized carbons (Fsp3) is 0.538. The number of ether oxygens (including phenoxy) is 2. The van der Waals surface area contributed by atoms with Gasteiger partial charge in [0.1, 0.15) is 13.2 Å². The molecule has 0 bridgehead atoms. The summed E-state index contributed by atoms with van der Waals surface area (Å²) in [5.41, 5.74) is 0. The molecule has 4 heteroatoms. The highest BCUT2D eigenvalue weighted by atomic mass is 32.2. The lowest BCUT2D eigenvalue weighted by molar-refractivity contribution is 0.171. The summed E-state index contributed by atoms with van der Waals surface area (Å²) in [7, 11) is 0. The Hall–Kier alpha value is -0.870. The molecule has 1 aliphatic carbocycles. The maximum Gasteiger partial charge on any atom is 0.162 e. The Kier molecular flexibility index (Phi) is 3.43.